The summed E-state index contributed by atoms with van der Waals surface area (Å²) in [4.78, 5) is 13.1. The molecule has 1 unspecified atom stereocenters. The number of halogens is 1. The molecule has 0 fully saturated rings. The summed E-state index contributed by atoms with van der Waals surface area (Å²) < 4.78 is 24.7. The van der Waals surface area contributed by atoms with E-state index in [-0.39, 0.29) is 31.6 Å². The van der Waals surface area contributed by atoms with E-state index in [1.165, 1.54) is 7.11 Å². The fourth-order valence-electron chi connectivity index (χ4n) is 3.68. The lowest BCUT2D eigenvalue weighted by molar-refractivity contribution is -0.137. The van der Waals surface area contributed by atoms with E-state index in [0.29, 0.717) is 40.9 Å². The van der Waals surface area contributed by atoms with Crippen molar-refractivity contribution in [2.45, 2.75) is 64.2 Å². The molecule has 1 aromatic carbocycles. The van der Waals surface area contributed by atoms with Gasteiger partial charge in [-0.2, -0.15) is 5.10 Å². The van der Waals surface area contributed by atoms with Gasteiger partial charge in [-0.15, -0.1) is 0 Å². The summed E-state index contributed by atoms with van der Waals surface area (Å²) in [5.41, 5.74) is 0.517. The summed E-state index contributed by atoms with van der Waals surface area (Å²) in [7, 11) is 0.396. The molecule has 39 heavy (non-hydrogen) atoms. The number of hydrogen-bond acceptors (Lipinski definition) is 7. The first-order valence-corrected chi connectivity index (χ1v) is 17.1. The van der Waals surface area contributed by atoms with Crippen molar-refractivity contribution >= 4 is 31.3 Å². The average molecular weight is 578 g/mol. The van der Waals surface area contributed by atoms with Crippen molar-refractivity contribution in [3.05, 3.63) is 58.9 Å². The topological polar surface area (TPSA) is 104 Å². The first-order valence-electron chi connectivity index (χ1n) is 13.0. The van der Waals surface area contributed by atoms with E-state index in [2.05, 4.69) is 30.1 Å². The lowest BCUT2D eigenvalue weighted by atomic mass is 10.1. The summed E-state index contributed by atoms with van der Waals surface area (Å²) in [6.45, 7) is 11.6. The van der Waals surface area contributed by atoms with Crippen LogP contribution in [0.2, 0.25) is 25.7 Å². The van der Waals surface area contributed by atoms with Crippen LogP contribution in [0.25, 0.3) is 0 Å². The lowest BCUT2D eigenvalue weighted by Crippen LogP contribution is -2.33. The second kappa shape index (κ2) is 13.6. The molecule has 9 nitrogen and oxygen atoms in total. The van der Waals surface area contributed by atoms with Crippen LogP contribution in [-0.2, 0) is 16.1 Å². The summed E-state index contributed by atoms with van der Waals surface area (Å²) in [6, 6.07) is 6.14. The van der Waals surface area contributed by atoms with Crippen LogP contribution >= 0.6 is 11.6 Å². The molecule has 11 heteroatoms. The minimum Gasteiger partial charge on any atom is -0.493 e. The number of allylic oxidation sites excluding steroid dienone is 4. The molecular formula is C28H40ClN3O6Si. The van der Waals surface area contributed by atoms with E-state index in [0.717, 1.165) is 6.04 Å². The number of ether oxygens (including phenoxy) is 4. The molecular weight excluding hydrogens is 538 g/mol. The van der Waals surface area contributed by atoms with Crippen molar-refractivity contribution < 1.29 is 28.8 Å². The van der Waals surface area contributed by atoms with Crippen molar-refractivity contribution in [3.63, 3.8) is 0 Å². The summed E-state index contributed by atoms with van der Waals surface area (Å²) >= 11 is 6.01. The Morgan fingerprint density at radius 1 is 1.28 bits per heavy atom. The molecule has 1 aliphatic carbocycles. The first-order chi connectivity index (χ1) is 18.4. The number of aromatic nitrogens is 2. The van der Waals surface area contributed by atoms with E-state index >= 15 is 0 Å². The number of amides is 1. The van der Waals surface area contributed by atoms with Gasteiger partial charge >= 0.3 is 0 Å². The third kappa shape index (κ3) is 9.50. The van der Waals surface area contributed by atoms with Gasteiger partial charge in [-0.05, 0) is 44.5 Å². The van der Waals surface area contributed by atoms with Crippen LogP contribution in [-0.4, -0.2) is 61.6 Å². The molecule has 0 aliphatic heterocycles. The standard InChI is InChI=1S/C28H40ClN3O6Si/c1-28(2,38-19-36-13-14-39(4,5)6)18-37-25-12-9-21(15-26(25)35-3)30-27(34)23-16-32(31-24(23)17-33)22-10-7-20(29)8-11-22/h7-10,12,15-16,22,33H,11,13-14,17-19H2,1-6H3,(H,30,34). The molecule has 214 valence electrons. The number of nitrogens with zero attached hydrogens (tertiary/aromatic N) is 2. The predicted molar refractivity (Wildman–Crippen MR) is 155 cm³/mol. The minimum atomic E-state index is -1.14. The first kappa shape index (κ1) is 30.9. The molecule has 1 aromatic heterocycles. The zero-order chi connectivity index (χ0) is 28.6. The highest BCUT2D eigenvalue weighted by Gasteiger charge is 2.23. The normalized spacial score (nSPS) is 15.7. The van der Waals surface area contributed by atoms with Gasteiger partial charge in [-0.1, -0.05) is 43.4 Å². The number of nitrogens with one attached hydrogen (secondary N) is 1. The van der Waals surface area contributed by atoms with Gasteiger partial charge in [-0.3, -0.25) is 9.48 Å². The molecule has 1 atom stereocenters. The Balaban J connectivity index is 1.59. The van der Waals surface area contributed by atoms with E-state index in [1.807, 2.05) is 26.0 Å². The number of methoxy groups -OCH3 is 1. The number of benzene rings is 1. The van der Waals surface area contributed by atoms with Gasteiger partial charge in [0.15, 0.2) is 11.5 Å². The number of rotatable bonds is 14. The van der Waals surface area contributed by atoms with Crippen molar-refractivity contribution in [2.75, 3.05) is 32.4 Å². The molecule has 2 aromatic rings. The van der Waals surface area contributed by atoms with Crippen LogP contribution in [0.3, 0.4) is 0 Å². The average Bonchev–Trinajstić information content (AvgIpc) is 3.32. The fourth-order valence-corrected chi connectivity index (χ4v) is 4.60. The highest BCUT2D eigenvalue weighted by molar-refractivity contribution is 6.76. The maximum Gasteiger partial charge on any atom is 0.259 e. The summed E-state index contributed by atoms with van der Waals surface area (Å²) in [5.74, 6) is 0.591. The molecule has 1 aliphatic rings. The number of carbonyl (C=O) groups excluding carboxylic acids is 1. The van der Waals surface area contributed by atoms with Crippen molar-refractivity contribution in [1.29, 1.82) is 0 Å². The minimum absolute atomic E-state index is 0.0826. The van der Waals surface area contributed by atoms with Crippen molar-refractivity contribution in [3.8, 4) is 11.5 Å². The fraction of sp³-hybridized carbons (Fsp3) is 0.500. The highest BCUT2D eigenvalue weighted by Crippen LogP contribution is 2.32. The van der Waals surface area contributed by atoms with Crippen molar-refractivity contribution in [1.82, 2.24) is 9.78 Å². The maximum atomic E-state index is 13.1. The number of aliphatic hydroxyl groups excluding tert-OH is 1. The number of carbonyl (C=O) groups is 1. The van der Waals surface area contributed by atoms with Gasteiger partial charge < -0.3 is 29.4 Å². The van der Waals surface area contributed by atoms with Crippen LogP contribution in [0.5, 0.6) is 11.5 Å². The monoisotopic (exact) mass is 577 g/mol. The highest BCUT2D eigenvalue weighted by atomic mass is 35.5. The maximum absolute atomic E-state index is 13.1. The van der Waals surface area contributed by atoms with Crippen LogP contribution in [0, 0.1) is 0 Å². The molecule has 3 rings (SSSR count). The smallest absolute Gasteiger partial charge is 0.259 e. The number of hydrogen-bond donors (Lipinski definition) is 2. The molecule has 0 saturated heterocycles. The van der Waals surface area contributed by atoms with Crippen LogP contribution < -0.4 is 14.8 Å². The van der Waals surface area contributed by atoms with Gasteiger partial charge in [0.1, 0.15) is 19.1 Å². The Morgan fingerprint density at radius 3 is 2.69 bits per heavy atom. The van der Waals surface area contributed by atoms with E-state index in [9.17, 15) is 9.90 Å². The number of aliphatic hydroxyl groups is 1. The molecule has 0 spiro atoms. The lowest BCUT2D eigenvalue weighted by Gasteiger charge is -2.26. The number of anilines is 1. The van der Waals surface area contributed by atoms with Gasteiger partial charge in [-0.25, -0.2) is 0 Å². The van der Waals surface area contributed by atoms with E-state index < -0.39 is 19.6 Å². The van der Waals surface area contributed by atoms with Crippen LogP contribution in [0.1, 0.15) is 42.4 Å². The second-order valence-corrected chi connectivity index (χ2v) is 17.3. The predicted octanol–water partition coefficient (Wildman–Crippen LogP) is 5.75. The third-order valence-electron chi connectivity index (χ3n) is 6.10. The largest absolute Gasteiger partial charge is 0.493 e. The Bertz CT molecular complexity index is 1190. The third-order valence-corrected chi connectivity index (χ3v) is 8.09. The van der Waals surface area contributed by atoms with Gasteiger partial charge in [0.25, 0.3) is 5.91 Å². The van der Waals surface area contributed by atoms with Crippen LogP contribution in [0.4, 0.5) is 5.69 Å². The zero-order valence-electron chi connectivity index (χ0n) is 23.6. The van der Waals surface area contributed by atoms with Crippen molar-refractivity contribution in [2.24, 2.45) is 0 Å². The molecule has 2 N–H and O–H groups in total. The molecule has 1 amide bonds. The second-order valence-electron chi connectivity index (χ2n) is 11.2. The van der Waals surface area contributed by atoms with Gasteiger partial charge in [0.2, 0.25) is 0 Å². The zero-order valence-corrected chi connectivity index (χ0v) is 25.4. The Morgan fingerprint density at radius 2 is 2.05 bits per heavy atom. The Kier molecular flexibility index (Phi) is 10.8. The molecule has 0 saturated carbocycles. The van der Waals surface area contributed by atoms with E-state index in [1.54, 1.807) is 35.2 Å². The van der Waals surface area contributed by atoms with Gasteiger partial charge in [0.05, 0.1) is 30.9 Å². The summed E-state index contributed by atoms with van der Waals surface area (Å²) in [6.07, 6.45) is 7.87. The van der Waals surface area contributed by atoms with E-state index in [4.69, 9.17) is 30.5 Å². The SMILES string of the molecule is COc1cc(NC(=O)c2cn(C3C=CC(Cl)=CC3)nc2CO)ccc1OCC(C)(C)OCOCC[Si](C)(C)C. The molecule has 0 radical (unpaired) electrons. The molecule has 1 heterocycles. The Labute approximate surface area is 236 Å². The quantitative estimate of drug-likeness (QED) is 0.167. The van der Waals surface area contributed by atoms with Crippen LogP contribution in [0.15, 0.2) is 47.7 Å². The summed E-state index contributed by atoms with van der Waals surface area (Å²) in [5, 5.41) is 17.7. The van der Waals surface area contributed by atoms with Gasteiger partial charge in [0, 0.05) is 37.7 Å². The Hall–Kier alpha value is -2.63. The molecule has 0 bridgehead atoms.